The van der Waals surface area contributed by atoms with E-state index in [0.717, 1.165) is 6.54 Å². The minimum Gasteiger partial charge on any atom is -0.304 e. The summed E-state index contributed by atoms with van der Waals surface area (Å²) in [7, 11) is 0. The van der Waals surface area contributed by atoms with Gasteiger partial charge in [0.25, 0.3) is 5.01 Å². The Labute approximate surface area is 109 Å². The molecule has 0 aliphatic heterocycles. The highest BCUT2D eigenvalue weighted by Gasteiger charge is 2.29. The molecule has 96 valence electrons. The van der Waals surface area contributed by atoms with Gasteiger partial charge in [-0.2, -0.15) is 4.57 Å². The summed E-state index contributed by atoms with van der Waals surface area (Å²) in [5.74, 6) is 0. The van der Waals surface area contributed by atoms with Crippen LogP contribution in [0.25, 0.3) is 0 Å². The number of hydrogen-bond donors (Lipinski definition) is 1. The van der Waals surface area contributed by atoms with E-state index in [0.29, 0.717) is 12.1 Å². The fourth-order valence-corrected chi connectivity index (χ4v) is 4.00. The third-order valence-electron chi connectivity index (χ3n) is 3.37. The lowest BCUT2D eigenvalue weighted by Gasteiger charge is -2.10. The maximum absolute atomic E-state index is 3.56. The average molecular weight is 253 g/mol. The van der Waals surface area contributed by atoms with E-state index < -0.39 is 0 Å². The van der Waals surface area contributed by atoms with Crippen molar-refractivity contribution >= 4 is 11.3 Å². The Kier molecular flexibility index (Phi) is 4.21. The van der Waals surface area contributed by atoms with Crippen LogP contribution in [0, 0.1) is 0 Å². The molecule has 0 fully saturated rings. The Morgan fingerprint density at radius 1 is 1.18 bits per heavy atom. The van der Waals surface area contributed by atoms with Gasteiger partial charge in [-0.15, -0.1) is 0 Å². The Balaban J connectivity index is 2.27. The lowest BCUT2D eigenvalue weighted by molar-refractivity contribution is -0.725. The van der Waals surface area contributed by atoms with Gasteiger partial charge in [0, 0.05) is 12.5 Å². The van der Waals surface area contributed by atoms with Crippen LogP contribution in [0.4, 0.5) is 0 Å². The van der Waals surface area contributed by atoms with Gasteiger partial charge in [0.2, 0.25) is 0 Å². The standard InChI is InChI=1S/C14H25N2S/c1-10(2)15-9-14-16(11(3)4)12-7-5-6-8-13(12)17-14/h10-11,15H,5-9H2,1-4H3/q+1. The Morgan fingerprint density at radius 2 is 1.88 bits per heavy atom. The highest BCUT2D eigenvalue weighted by atomic mass is 32.1. The summed E-state index contributed by atoms with van der Waals surface area (Å²) < 4.78 is 2.58. The zero-order valence-corrected chi connectivity index (χ0v) is 12.4. The van der Waals surface area contributed by atoms with E-state index in [-0.39, 0.29) is 0 Å². The van der Waals surface area contributed by atoms with Crippen LogP contribution in [-0.2, 0) is 19.4 Å². The van der Waals surface area contributed by atoms with Gasteiger partial charge >= 0.3 is 0 Å². The van der Waals surface area contributed by atoms with Crippen LogP contribution in [-0.4, -0.2) is 6.04 Å². The average Bonchev–Trinajstić information content (AvgIpc) is 2.64. The van der Waals surface area contributed by atoms with Crippen molar-refractivity contribution in [3.05, 3.63) is 15.6 Å². The van der Waals surface area contributed by atoms with Gasteiger partial charge in [-0.3, -0.25) is 0 Å². The Hall–Kier alpha value is -0.410. The molecule has 3 heteroatoms. The van der Waals surface area contributed by atoms with Crippen LogP contribution in [0.1, 0.15) is 62.2 Å². The Morgan fingerprint density at radius 3 is 2.53 bits per heavy atom. The first-order valence-electron chi connectivity index (χ1n) is 6.88. The highest BCUT2D eigenvalue weighted by molar-refractivity contribution is 7.11. The maximum Gasteiger partial charge on any atom is 0.251 e. The summed E-state index contributed by atoms with van der Waals surface area (Å²) in [6.07, 6.45) is 5.33. The second-order valence-corrected chi connectivity index (χ2v) is 6.74. The summed E-state index contributed by atoms with van der Waals surface area (Å²) in [5.41, 5.74) is 1.62. The molecule has 17 heavy (non-hydrogen) atoms. The fourth-order valence-electron chi connectivity index (χ4n) is 2.58. The molecule has 1 aliphatic rings. The van der Waals surface area contributed by atoms with Crippen LogP contribution in [0.5, 0.6) is 0 Å². The van der Waals surface area contributed by atoms with Crippen molar-refractivity contribution in [2.24, 2.45) is 0 Å². The monoisotopic (exact) mass is 253 g/mol. The van der Waals surface area contributed by atoms with E-state index in [1.54, 1.807) is 10.6 Å². The van der Waals surface area contributed by atoms with Crippen LogP contribution in [0.15, 0.2) is 0 Å². The van der Waals surface area contributed by atoms with Gasteiger partial charge in [-0.05, 0) is 33.1 Å². The van der Waals surface area contributed by atoms with Gasteiger partial charge in [0.15, 0.2) is 11.7 Å². The summed E-state index contributed by atoms with van der Waals surface area (Å²) >= 11 is 2.03. The summed E-state index contributed by atoms with van der Waals surface area (Å²) in [6.45, 7) is 10.1. The lowest BCUT2D eigenvalue weighted by Crippen LogP contribution is -2.44. The van der Waals surface area contributed by atoms with E-state index in [1.165, 1.54) is 30.7 Å². The van der Waals surface area contributed by atoms with Gasteiger partial charge < -0.3 is 5.32 Å². The first-order valence-corrected chi connectivity index (χ1v) is 7.69. The van der Waals surface area contributed by atoms with Crippen LogP contribution in [0.3, 0.4) is 0 Å². The van der Waals surface area contributed by atoms with Gasteiger partial charge in [0.05, 0.1) is 11.4 Å². The minimum atomic E-state index is 0.565. The second kappa shape index (κ2) is 5.49. The largest absolute Gasteiger partial charge is 0.304 e. The zero-order chi connectivity index (χ0) is 12.4. The van der Waals surface area contributed by atoms with Crippen molar-refractivity contribution < 1.29 is 4.57 Å². The Bertz CT molecular complexity index is 380. The molecule has 0 unspecified atom stereocenters. The van der Waals surface area contributed by atoms with E-state index in [1.807, 2.05) is 11.3 Å². The van der Waals surface area contributed by atoms with Crippen LogP contribution in [0.2, 0.25) is 0 Å². The number of hydrogen-bond acceptors (Lipinski definition) is 2. The lowest BCUT2D eigenvalue weighted by atomic mass is 10.0. The number of nitrogens with one attached hydrogen (secondary N) is 1. The molecule has 0 radical (unpaired) electrons. The first kappa shape index (κ1) is 13.0. The normalized spacial score (nSPS) is 15.6. The summed E-state index contributed by atoms with van der Waals surface area (Å²) in [4.78, 5) is 1.64. The van der Waals surface area contributed by atoms with Gasteiger partial charge in [0.1, 0.15) is 0 Å². The molecule has 0 amide bonds. The molecular weight excluding hydrogens is 228 g/mol. The van der Waals surface area contributed by atoms with Gasteiger partial charge in [-0.25, -0.2) is 0 Å². The molecule has 2 rings (SSSR count). The topological polar surface area (TPSA) is 15.9 Å². The number of thiazole rings is 1. The molecule has 0 saturated carbocycles. The number of fused-ring (bicyclic) bond motifs is 1. The minimum absolute atomic E-state index is 0.565. The molecular formula is C14H25N2S+. The molecule has 0 bridgehead atoms. The van der Waals surface area contributed by atoms with Crippen molar-refractivity contribution in [3.8, 4) is 0 Å². The van der Waals surface area contributed by atoms with Crippen LogP contribution >= 0.6 is 11.3 Å². The third kappa shape index (κ3) is 2.89. The smallest absolute Gasteiger partial charge is 0.251 e. The SMILES string of the molecule is CC(C)NCc1sc2c([n+]1C(C)C)CCCC2. The predicted octanol–water partition coefficient (Wildman–Crippen LogP) is 2.99. The molecule has 2 nitrogen and oxygen atoms in total. The fraction of sp³-hybridized carbons (Fsp3) is 0.786. The molecule has 1 aliphatic carbocycles. The van der Waals surface area contributed by atoms with Crippen molar-refractivity contribution in [3.63, 3.8) is 0 Å². The maximum atomic E-state index is 3.56. The molecule has 0 atom stereocenters. The van der Waals surface area contributed by atoms with Crippen molar-refractivity contribution in [2.75, 3.05) is 0 Å². The third-order valence-corrected chi connectivity index (χ3v) is 4.63. The molecule has 0 saturated heterocycles. The van der Waals surface area contributed by atoms with Gasteiger partial charge in [-0.1, -0.05) is 25.2 Å². The number of rotatable bonds is 4. The summed E-state index contributed by atoms with van der Waals surface area (Å²) in [5, 5.41) is 5.07. The zero-order valence-electron chi connectivity index (χ0n) is 11.5. The molecule has 1 heterocycles. The number of nitrogens with zero attached hydrogens (tertiary/aromatic N) is 1. The molecule has 1 aromatic rings. The predicted molar refractivity (Wildman–Crippen MR) is 73.5 cm³/mol. The summed E-state index contributed by atoms with van der Waals surface area (Å²) in [6, 6.07) is 1.16. The second-order valence-electron chi connectivity index (χ2n) is 5.57. The van der Waals surface area contributed by atoms with E-state index >= 15 is 0 Å². The van der Waals surface area contributed by atoms with Crippen LogP contribution < -0.4 is 9.88 Å². The number of aryl methyl sites for hydroxylation is 1. The van der Waals surface area contributed by atoms with Crippen molar-refractivity contribution in [1.29, 1.82) is 0 Å². The van der Waals surface area contributed by atoms with E-state index in [4.69, 9.17) is 0 Å². The molecule has 1 N–H and O–H groups in total. The highest BCUT2D eigenvalue weighted by Crippen LogP contribution is 2.26. The molecule has 0 spiro atoms. The van der Waals surface area contributed by atoms with Crippen molar-refractivity contribution in [2.45, 2.75) is 72.0 Å². The van der Waals surface area contributed by atoms with Crippen molar-refractivity contribution in [1.82, 2.24) is 5.32 Å². The number of aromatic nitrogens is 1. The first-order chi connectivity index (χ1) is 8.09. The molecule has 0 aromatic carbocycles. The van der Waals surface area contributed by atoms with E-state index in [2.05, 4.69) is 37.6 Å². The molecule has 1 aromatic heterocycles. The van der Waals surface area contributed by atoms with E-state index in [9.17, 15) is 0 Å². The quantitative estimate of drug-likeness (QED) is 0.816.